The SMILES string of the molecule is CNC(=O)COC(=O)Cc1csc(-c2ccc(C)cc2)n1. The van der Waals surface area contributed by atoms with Crippen molar-refractivity contribution in [3.05, 3.63) is 40.9 Å². The van der Waals surface area contributed by atoms with Gasteiger partial charge in [0, 0.05) is 18.0 Å². The summed E-state index contributed by atoms with van der Waals surface area (Å²) in [7, 11) is 1.49. The first-order valence-corrected chi connectivity index (χ1v) is 7.34. The topological polar surface area (TPSA) is 68.3 Å². The number of amides is 1. The second-order valence-corrected chi connectivity index (χ2v) is 5.38. The van der Waals surface area contributed by atoms with Crippen LogP contribution in [-0.4, -0.2) is 30.5 Å². The number of aromatic nitrogens is 1. The number of rotatable bonds is 5. The number of hydrogen-bond donors (Lipinski definition) is 1. The summed E-state index contributed by atoms with van der Waals surface area (Å²) in [5.74, 6) is -0.790. The molecule has 1 aromatic heterocycles. The number of thiazole rings is 1. The summed E-state index contributed by atoms with van der Waals surface area (Å²) in [5.41, 5.74) is 2.86. The Hall–Kier alpha value is -2.21. The van der Waals surface area contributed by atoms with E-state index in [4.69, 9.17) is 4.74 Å². The summed E-state index contributed by atoms with van der Waals surface area (Å²) in [4.78, 5) is 27.0. The maximum absolute atomic E-state index is 11.6. The van der Waals surface area contributed by atoms with Crippen LogP contribution in [0.25, 0.3) is 10.6 Å². The molecule has 6 heteroatoms. The van der Waals surface area contributed by atoms with Crippen LogP contribution in [0, 0.1) is 6.92 Å². The Morgan fingerprint density at radius 1 is 1.29 bits per heavy atom. The van der Waals surface area contributed by atoms with Crippen molar-refractivity contribution < 1.29 is 14.3 Å². The molecule has 110 valence electrons. The molecular formula is C15H16N2O3S. The van der Waals surface area contributed by atoms with Gasteiger partial charge < -0.3 is 10.1 Å². The van der Waals surface area contributed by atoms with E-state index >= 15 is 0 Å². The molecule has 0 bridgehead atoms. The smallest absolute Gasteiger partial charge is 0.312 e. The van der Waals surface area contributed by atoms with Crippen molar-refractivity contribution in [2.45, 2.75) is 13.3 Å². The second kappa shape index (κ2) is 6.99. The molecule has 1 amide bonds. The van der Waals surface area contributed by atoms with E-state index in [2.05, 4.69) is 10.3 Å². The highest BCUT2D eigenvalue weighted by Gasteiger charge is 2.11. The Morgan fingerprint density at radius 2 is 2.00 bits per heavy atom. The van der Waals surface area contributed by atoms with E-state index in [0.717, 1.165) is 10.6 Å². The fourth-order valence-corrected chi connectivity index (χ4v) is 2.46. The number of nitrogens with one attached hydrogen (secondary N) is 1. The highest BCUT2D eigenvalue weighted by Crippen LogP contribution is 2.24. The minimum Gasteiger partial charge on any atom is -0.455 e. The molecule has 0 spiro atoms. The van der Waals surface area contributed by atoms with Crippen LogP contribution in [0.15, 0.2) is 29.6 Å². The molecule has 0 aliphatic rings. The first-order chi connectivity index (χ1) is 10.1. The predicted molar refractivity (Wildman–Crippen MR) is 81.0 cm³/mol. The Labute approximate surface area is 127 Å². The van der Waals surface area contributed by atoms with Gasteiger partial charge in [-0.25, -0.2) is 4.98 Å². The molecule has 21 heavy (non-hydrogen) atoms. The van der Waals surface area contributed by atoms with E-state index < -0.39 is 5.97 Å². The average molecular weight is 304 g/mol. The monoisotopic (exact) mass is 304 g/mol. The van der Waals surface area contributed by atoms with Gasteiger partial charge in [0.1, 0.15) is 5.01 Å². The lowest BCUT2D eigenvalue weighted by Gasteiger charge is -2.02. The van der Waals surface area contributed by atoms with Crippen LogP contribution >= 0.6 is 11.3 Å². The zero-order chi connectivity index (χ0) is 15.2. The average Bonchev–Trinajstić information content (AvgIpc) is 2.94. The van der Waals surface area contributed by atoms with Gasteiger partial charge in [0.05, 0.1) is 12.1 Å². The lowest BCUT2D eigenvalue weighted by atomic mass is 10.2. The standard InChI is InChI=1S/C15H16N2O3S/c1-10-3-5-11(6-4-10)15-17-12(9-21-15)7-14(19)20-8-13(18)16-2/h3-6,9H,7-8H2,1-2H3,(H,16,18). The number of carbonyl (C=O) groups excluding carboxylic acids is 2. The number of hydrogen-bond acceptors (Lipinski definition) is 5. The summed E-state index contributed by atoms with van der Waals surface area (Å²) in [6, 6.07) is 8.05. The van der Waals surface area contributed by atoms with Gasteiger partial charge in [0.15, 0.2) is 6.61 Å². The first-order valence-electron chi connectivity index (χ1n) is 6.46. The molecule has 0 saturated heterocycles. The van der Waals surface area contributed by atoms with E-state index in [1.54, 1.807) is 0 Å². The number of esters is 1. The van der Waals surface area contributed by atoms with Gasteiger partial charge in [-0.2, -0.15) is 0 Å². The van der Waals surface area contributed by atoms with Crippen LogP contribution in [0.3, 0.4) is 0 Å². The lowest BCUT2D eigenvalue weighted by molar-refractivity contribution is -0.147. The maximum Gasteiger partial charge on any atom is 0.312 e. The Balaban J connectivity index is 1.95. The zero-order valence-electron chi connectivity index (χ0n) is 11.9. The van der Waals surface area contributed by atoms with Crippen LogP contribution in [0.2, 0.25) is 0 Å². The molecular weight excluding hydrogens is 288 g/mol. The summed E-state index contributed by atoms with van der Waals surface area (Å²) < 4.78 is 4.84. The number of nitrogens with zero attached hydrogens (tertiary/aromatic N) is 1. The van der Waals surface area contributed by atoms with Crippen LogP contribution in [-0.2, 0) is 20.7 Å². The quantitative estimate of drug-likeness (QED) is 0.857. The van der Waals surface area contributed by atoms with Gasteiger partial charge in [0.2, 0.25) is 0 Å². The molecule has 0 atom stereocenters. The summed E-state index contributed by atoms with van der Waals surface area (Å²) >= 11 is 1.48. The van der Waals surface area contributed by atoms with E-state index in [1.165, 1.54) is 23.9 Å². The zero-order valence-corrected chi connectivity index (χ0v) is 12.7. The van der Waals surface area contributed by atoms with Crippen molar-refractivity contribution >= 4 is 23.2 Å². The lowest BCUT2D eigenvalue weighted by Crippen LogP contribution is -2.25. The summed E-state index contributed by atoms with van der Waals surface area (Å²) in [6.45, 7) is 1.77. The van der Waals surface area contributed by atoms with Crippen molar-refractivity contribution in [2.24, 2.45) is 0 Å². The highest BCUT2D eigenvalue weighted by molar-refractivity contribution is 7.13. The van der Waals surface area contributed by atoms with Crippen molar-refractivity contribution in [1.29, 1.82) is 0 Å². The largest absolute Gasteiger partial charge is 0.455 e. The molecule has 2 rings (SSSR count). The molecule has 0 aliphatic heterocycles. The molecule has 1 N–H and O–H groups in total. The van der Waals surface area contributed by atoms with Crippen LogP contribution < -0.4 is 5.32 Å². The third kappa shape index (κ3) is 4.39. The van der Waals surface area contributed by atoms with Gasteiger partial charge in [-0.05, 0) is 6.92 Å². The fourth-order valence-electron chi connectivity index (χ4n) is 1.63. The molecule has 0 saturated carbocycles. The van der Waals surface area contributed by atoms with E-state index in [-0.39, 0.29) is 18.9 Å². The van der Waals surface area contributed by atoms with Crippen LogP contribution in [0.4, 0.5) is 0 Å². The van der Waals surface area contributed by atoms with Gasteiger partial charge >= 0.3 is 5.97 Å². The predicted octanol–water partition coefficient (Wildman–Crippen LogP) is 1.95. The molecule has 5 nitrogen and oxygen atoms in total. The molecule has 2 aromatic rings. The fraction of sp³-hybridized carbons (Fsp3) is 0.267. The number of likely N-dealkylation sites (N-methyl/N-ethyl adjacent to an activating group) is 1. The van der Waals surface area contributed by atoms with Crippen molar-refractivity contribution in [1.82, 2.24) is 10.3 Å². The summed E-state index contributed by atoms with van der Waals surface area (Å²) in [6.07, 6.45) is 0.0688. The van der Waals surface area contributed by atoms with Gasteiger partial charge in [-0.15, -0.1) is 11.3 Å². The van der Waals surface area contributed by atoms with Crippen molar-refractivity contribution in [3.8, 4) is 10.6 Å². The van der Waals surface area contributed by atoms with Crippen molar-refractivity contribution in [2.75, 3.05) is 13.7 Å². The number of ether oxygens (including phenoxy) is 1. The molecule has 1 heterocycles. The normalized spacial score (nSPS) is 10.2. The maximum atomic E-state index is 11.6. The molecule has 0 aliphatic carbocycles. The summed E-state index contributed by atoms with van der Waals surface area (Å²) in [5, 5.41) is 5.08. The van der Waals surface area contributed by atoms with Crippen molar-refractivity contribution in [3.63, 3.8) is 0 Å². The van der Waals surface area contributed by atoms with Gasteiger partial charge in [0.25, 0.3) is 5.91 Å². The second-order valence-electron chi connectivity index (χ2n) is 4.52. The van der Waals surface area contributed by atoms with Gasteiger partial charge in [-0.1, -0.05) is 29.8 Å². The number of aryl methyl sites for hydroxylation is 1. The van der Waals surface area contributed by atoms with E-state index in [1.807, 2.05) is 36.6 Å². The Bertz CT molecular complexity index is 635. The molecule has 0 fully saturated rings. The highest BCUT2D eigenvalue weighted by atomic mass is 32.1. The molecule has 0 radical (unpaired) electrons. The van der Waals surface area contributed by atoms with Crippen LogP contribution in [0.5, 0.6) is 0 Å². The minimum atomic E-state index is -0.459. The number of benzene rings is 1. The minimum absolute atomic E-state index is 0.0688. The van der Waals surface area contributed by atoms with Gasteiger partial charge in [-0.3, -0.25) is 9.59 Å². The third-order valence-corrected chi connectivity index (χ3v) is 3.76. The Morgan fingerprint density at radius 3 is 2.67 bits per heavy atom. The van der Waals surface area contributed by atoms with Crippen LogP contribution in [0.1, 0.15) is 11.3 Å². The molecule has 0 unspecified atom stereocenters. The molecule has 1 aromatic carbocycles. The first kappa shape index (κ1) is 15.2. The van der Waals surface area contributed by atoms with E-state index in [0.29, 0.717) is 5.69 Å². The third-order valence-electron chi connectivity index (χ3n) is 2.82. The van der Waals surface area contributed by atoms with E-state index in [9.17, 15) is 9.59 Å². The number of carbonyl (C=O) groups is 2. The Kier molecular flexibility index (Phi) is 5.05.